The van der Waals surface area contributed by atoms with E-state index >= 15 is 0 Å². The van der Waals surface area contributed by atoms with E-state index in [1.807, 2.05) is 5.43 Å². The monoisotopic (exact) mass is 360 g/mol. The predicted molar refractivity (Wildman–Crippen MR) is 89.0 cm³/mol. The fraction of sp³-hybridized carbons (Fsp3) is 0.333. The maximum atomic E-state index is 12.2. The first-order valence-corrected chi connectivity index (χ1v) is 7.76. The van der Waals surface area contributed by atoms with Gasteiger partial charge in [-0.2, -0.15) is 0 Å². The van der Waals surface area contributed by atoms with Gasteiger partial charge in [0.25, 0.3) is 11.5 Å². The van der Waals surface area contributed by atoms with Crippen LogP contribution in [-0.4, -0.2) is 37.9 Å². The van der Waals surface area contributed by atoms with Crippen molar-refractivity contribution in [3.8, 4) is 0 Å². The van der Waals surface area contributed by atoms with Crippen LogP contribution in [0, 0.1) is 0 Å². The summed E-state index contributed by atoms with van der Waals surface area (Å²) in [5, 5.41) is 2.54. The molecule has 1 fully saturated rings. The molecule has 2 aromatic rings. The number of aryl methyl sites for hydroxylation is 1. The highest BCUT2D eigenvalue weighted by Gasteiger charge is 2.26. The standard InChI is InChI=1S/C15H16N6O5/c1-20-10-9(14(25)21(2)15(20)26)5-7(6-16-10)11(22)18-19-13(24)12(23)17-8-3-4-8/h5-6,8H,3-4H2,1-2H3,(H,17,23)(H,18,22)(H,19,24). The first-order chi connectivity index (χ1) is 12.3. The summed E-state index contributed by atoms with van der Waals surface area (Å²) in [6.45, 7) is 0. The van der Waals surface area contributed by atoms with Crippen LogP contribution in [0.2, 0.25) is 0 Å². The van der Waals surface area contributed by atoms with Crippen molar-refractivity contribution in [1.82, 2.24) is 30.3 Å². The molecule has 1 saturated carbocycles. The quantitative estimate of drug-likeness (QED) is 0.405. The Balaban J connectivity index is 1.78. The van der Waals surface area contributed by atoms with Gasteiger partial charge in [0, 0.05) is 26.3 Å². The van der Waals surface area contributed by atoms with Crippen LogP contribution in [0.15, 0.2) is 21.9 Å². The number of nitrogens with one attached hydrogen (secondary N) is 3. The summed E-state index contributed by atoms with van der Waals surface area (Å²) in [6.07, 6.45) is 2.81. The van der Waals surface area contributed by atoms with Crippen molar-refractivity contribution >= 4 is 28.8 Å². The van der Waals surface area contributed by atoms with Crippen molar-refractivity contribution in [2.75, 3.05) is 0 Å². The molecule has 11 nitrogen and oxygen atoms in total. The average Bonchev–Trinajstić information content (AvgIpc) is 3.45. The minimum atomic E-state index is -1.00. The molecule has 3 amide bonds. The van der Waals surface area contributed by atoms with E-state index in [0.29, 0.717) is 0 Å². The first kappa shape index (κ1) is 17.3. The van der Waals surface area contributed by atoms with Crippen molar-refractivity contribution in [2.24, 2.45) is 14.1 Å². The Morgan fingerprint density at radius 1 is 1.08 bits per heavy atom. The number of carbonyl (C=O) groups excluding carboxylic acids is 3. The molecule has 0 aromatic carbocycles. The second kappa shape index (κ2) is 6.43. The molecular formula is C15H16N6O5. The number of hydrogen-bond donors (Lipinski definition) is 3. The summed E-state index contributed by atoms with van der Waals surface area (Å²) in [5.41, 5.74) is 3.04. The van der Waals surface area contributed by atoms with E-state index in [1.54, 1.807) is 0 Å². The summed E-state index contributed by atoms with van der Waals surface area (Å²) in [6, 6.07) is 1.27. The molecule has 0 saturated heterocycles. The van der Waals surface area contributed by atoms with Gasteiger partial charge in [-0.3, -0.25) is 39.2 Å². The number of carbonyl (C=O) groups is 3. The minimum absolute atomic E-state index is 0.0106. The summed E-state index contributed by atoms with van der Waals surface area (Å²) in [4.78, 5) is 63.3. The van der Waals surface area contributed by atoms with Crippen LogP contribution in [-0.2, 0) is 23.7 Å². The largest absolute Gasteiger partial charge is 0.345 e. The number of rotatable bonds is 2. The number of hydrazine groups is 1. The number of fused-ring (bicyclic) bond motifs is 1. The zero-order chi connectivity index (χ0) is 19.0. The SMILES string of the molecule is Cn1c(=O)c2cc(C(=O)NNC(=O)C(=O)NC3CC3)cnc2n(C)c1=O. The Bertz CT molecular complexity index is 1050. The van der Waals surface area contributed by atoms with E-state index in [9.17, 15) is 24.0 Å². The predicted octanol–water partition coefficient (Wildman–Crippen LogP) is -2.33. The fourth-order valence-electron chi connectivity index (χ4n) is 2.31. The molecule has 2 heterocycles. The Morgan fingerprint density at radius 2 is 1.77 bits per heavy atom. The van der Waals surface area contributed by atoms with E-state index in [0.717, 1.165) is 23.6 Å². The molecule has 0 atom stereocenters. The summed E-state index contributed by atoms with van der Waals surface area (Å²) < 4.78 is 2.08. The lowest BCUT2D eigenvalue weighted by atomic mass is 10.2. The Labute approximate surface area is 146 Å². The molecule has 0 bridgehead atoms. The lowest BCUT2D eigenvalue weighted by Gasteiger charge is -2.09. The Kier molecular flexibility index (Phi) is 4.28. The van der Waals surface area contributed by atoms with Gasteiger partial charge >= 0.3 is 17.5 Å². The van der Waals surface area contributed by atoms with Crippen LogP contribution >= 0.6 is 0 Å². The molecule has 3 rings (SSSR count). The zero-order valence-corrected chi connectivity index (χ0v) is 14.0. The maximum Gasteiger partial charge on any atom is 0.332 e. The smallest absolute Gasteiger partial charge is 0.332 e. The highest BCUT2D eigenvalue weighted by molar-refractivity contribution is 6.35. The molecule has 2 aromatic heterocycles. The van der Waals surface area contributed by atoms with Gasteiger partial charge in [0.2, 0.25) is 0 Å². The van der Waals surface area contributed by atoms with Crippen molar-refractivity contribution in [2.45, 2.75) is 18.9 Å². The van der Waals surface area contributed by atoms with Gasteiger partial charge in [0.05, 0.1) is 10.9 Å². The highest BCUT2D eigenvalue weighted by atomic mass is 16.2. The number of hydrogen-bond acceptors (Lipinski definition) is 6. The lowest BCUT2D eigenvalue weighted by molar-refractivity contribution is -0.139. The van der Waals surface area contributed by atoms with E-state index in [1.165, 1.54) is 24.7 Å². The van der Waals surface area contributed by atoms with Gasteiger partial charge in [0.15, 0.2) is 0 Å². The van der Waals surface area contributed by atoms with Gasteiger partial charge in [0.1, 0.15) is 5.65 Å². The molecular weight excluding hydrogens is 344 g/mol. The molecule has 0 unspecified atom stereocenters. The summed E-state index contributed by atoms with van der Waals surface area (Å²) in [5.74, 6) is -2.60. The van der Waals surface area contributed by atoms with Crippen LogP contribution in [0.1, 0.15) is 23.2 Å². The van der Waals surface area contributed by atoms with Crippen LogP contribution in [0.3, 0.4) is 0 Å². The van der Waals surface area contributed by atoms with Gasteiger partial charge in [-0.05, 0) is 18.9 Å². The van der Waals surface area contributed by atoms with Crippen molar-refractivity contribution in [1.29, 1.82) is 0 Å². The van der Waals surface area contributed by atoms with Crippen LogP contribution < -0.4 is 27.4 Å². The minimum Gasteiger partial charge on any atom is -0.345 e. The van der Waals surface area contributed by atoms with E-state index < -0.39 is 29.0 Å². The Morgan fingerprint density at radius 3 is 2.42 bits per heavy atom. The molecule has 1 aliphatic carbocycles. The first-order valence-electron chi connectivity index (χ1n) is 7.76. The molecule has 136 valence electrons. The third kappa shape index (κ3) is 3.18. The van der Waals surface area contributed by atoms with E-state index in [-0.39, 0.29) is 22.6 Å². The maximum absolute atomic E-state index is 12.2. The van der Waals surface area contributed by atoms with Crippen LogP contribution in [0.25, 0.3) is 11.0 Å². The third-order valence-corrected chi connectivity index (χ3v) is 3.96. The topological polar surface area (TPSA) is 144 Å². The third-order valence-electron chi connectivity index (χ3n) is 3.96. The van der Waals surface area contributed by atoms with Gasteiger partial charge in [-0.1, -0.05) is 0 Å². The molecule has 0 aliphatic heterocycles. The van der Waals surface area contributed by atoms with Crippen molar-refractivity contribution < 1.29 is 14.4 Å². The number of pyridine rings is 1. The van der Waals surface area contributed by atoms with Gasteiger partial charge < -0.3 is 5.32 Å². The molecule has 3 N–H and O–H groups in total. The second-order valence-corrected chi connectivity index (χ2v) is 5.96. The van der Waals surface area contributed by atoms with Gasteiger partial charge in [-0.25, -0.2) is 9.78 Å². The number of aromatic nitrogens is 3. The lowest BCUT2D eigenvalue weighted by Crippen LogP contribution is -2.49. The number of nitrogens with zero attached hydrogens (tertiary/aromatic N) is 3. The van der Waals surface area contributed by atoms with E-state index in [4.69, 9.17) is 0 Å². The average molecular weight is 360 g/mol. The zero-order valence-electron chi connectivity index (χ0n) is 14.0. The van der Waals surface area contributed by atoms with Crippen molar-refractivity contribution in [3.63, 3.8) is 0 Å². The second-order valence-electron chi connectivity index (χ2n) is 5.96. The van der Waals surface area contributed by atoms with E-state index in [2.05, 4.69) is 15.7 Å². The van der Waals surface area contributed by atoms with Gasteiger partial charge in [-0.15, -0.1) is 0 Å². The Hall–Kier alpha value is -3.50. The summed E-state index contributed by atoms with van der Waals surface area (Å²) in [7, 11) is 2.77. The fourth-order valence-corrected chi connectivity index (χ4v) is 2.31. The molecule has 0 spiro atoms. The molecule has 26 heavy (non-hydrogen) atoms. The summed E-state index contributed by atoms with van der Waals surface area (Å²) >= 11 is 0. The highest BCUT2D eigenvalue weighted by Crippen LogP contribution is 2.18. The molecule has 0 radical (unpaired) electrons. The molecule has 11 heteroatoms. The van der Waals surface area contributed by atoms with Crippen LogP contribution in [0.4, 0.5) is 0 Å². The van der Waals surface area contributed by atoms with Crippen molar-refractivity contribution in [3.05, 3.63) is 38.7 Å². The van der Waals surface area contributed by atoms with Crippen LogP contribution in [0.5, 0.6) is 0 Å². The molecule has 1 aliphatic rings. The normalized spacial score (nSPS) is 13.3. The number of amides is 3.